The minimum absolute atomic E-state index is 0.0328. The second kappa shape index (κ2) is 9.50. The van der Waals surface area contributed by atoms with Crippen LogP contribution in [0.15, 0.2) is 53.4 Å². The first-order valence-electron chi connectivity index (χ1n) is 10.3. The Morgan fingerprint density at radius 2 is 1.78 bits per heavy atom. The fourth-order valence-corrected chi connectivity index (χ4v) is 6.76. The third-order valence-electron chi connectivity index (χ3n) is 5.56. The smallest absolute Gasteiger partial charge is 0.264 e. The van der Waals surface area contributed by atoms with E-state index in [0.717, 1.165) is 4.31 Å². The molecule has 0 bridgehead atoms. The lowest BCUT2D eigenvalue weighted by Gasteiger charge is -2.28. The maximum Gasteiger partial charge on any atom is 0.264 e. The Balaban J connectivity index is 1.85. The van der Waals surface area contributed by atoms with Crippen molar-refractivity contribution in [1.29, 1.82) is 0 Å². The molecule has 1 amide bonds. The first-order chi connectivity index (χ1) is 15.1. The predicted molar refractivity (Wildman–Crippen MR) is 123 cm³/mol. The summed E-state index contributed by atoms with van der Waals surface area (Å²) in [4.78, 5) is 14.7. The van der Waals surface area contributed by atoms with Crippen LogP contribution < -0.4 is 9.04 Å². The largest absolute Gasteiger partial charge is 0.495 e. The topological polar surface area (TPSA) is 101 Å². The summed E-state index contributed by atoms with van der Waals surface area (Å²) in [7, 11) is -4.10. The molecule has 1 heterocycles. The van der Waals surface area contributed by atoms with Gasteiger partial charge in [-0.3, -0.25) is 9.10 Å². The summed E-state index contributed by atoms with van der Waals surface area (Å²) in [6, 6.07) is 12.2. The normalized spacial score (nSPS) is 17.7. The lowest BCUT2D eigenvalue weighted by atomic mass is 10.1. The molecular formula is C22H28N2O6S2. The second-order valence-corrected chi connectivity index (χ2v) is 11.9. The highest BCUT2D eigenvalue weighted by Gasteiger charge is 2.34. The number of sulfonamides is 1. The van der Waals surface area contributed by atoms with Crippen LogP contribution in [0.5, 0.6) is 5.75 Å². The van der Waals surface area contributed by atoms with Crippen molar-refractivity contribution in [3.8, 4) is 5.75 Å². The van der Waals surface area contributed by atoms with E-state index in [9.17, 15) is 21.6 Å². The average Bonchev–Trinajstić information content (AvgIpc) is 3.15. The van der Waals surface area contributed by atoms with Crippen LogP contribution in [0.25, 0.3) is 0 Å². The number of sulfone groups is 1. The van der Waals surface area contributed by atoms with Crippen molar-refractivity contribution in [2.75, 3.05) is 36.5 Å². The number of carbonyl (C=O) groups is 1. The average molecular weight is 481 g/mol. The van der Waals surface area contributed by atoms with Crippen LogP contribution in [0.2, 0.25) is 0 Å². The van der Waals surface area contributed by atoms with E-state index in [0.29, 0.717) is 36.4 Å². The summed E-state index contributed by atoms with van der Waals surface area (Å²) >= 11 is 0. The van der Waals surface area contributed by atoms with Gasteiger partial charge in [0.15, 0.2) is 9.84 Å². The number of hydrogen-bond donors (Lipinski definition) is 0. The molecule has 1 atom stereocenters. The van der Waals surface area contributed by atoms with Crippen molar-refractivity contribution < 1.29 is 26.4 Å². The Morgan fingerprint density at radius 3 is 2.34 bits per heavy atom. The van der Waals surface area contributed by atoms with E-state index in [1.807, 2.05) is 6.92 Å². The van der Waals surface area contributed by atoms with E-state index in [4.69, 9.17) is 4.74 Å². The van der Waals surface area contributed by atoms with Gasteiger partial charge in [0.05, 0.1) is 29.2 Å². The quantitative estimate of drug-likeness (QED) is 0.576. The molecule has 1 aliphatic rings. The van der Waals surface area contributed by atoms with Crippen molar-refractivity contribution in [2.24, 2.45) is 0 Å². The fraction of sp³-hybridized carbons (Fsp3) is 0.409. The van der Waals surface area contributed by atoms with Crippen molar-refractivity contribution in [3.05, 3.63) is 54.1 Å². The molecule has 0 N–H and O–H groups in total. The Bertz CT molecular complexity index is 1180. The van der Waals surface area contributed by atoms with Crippen LogP contribution in [0, 0.1) is 0 Å². The number of rotatable bonds is 8. The summed E-state index contributed by atoms with van der Waals surface area (Å²) in [5, 5.41) is 0. The zero-order valence-corrected chi connectivity index (χ0v) is 20.0. The molecule has 0 radical (unpaired) electrons. The predicted octanol–water partition coefficient (Wildman–Crippen LogP) is 2.56. The highest BCUT2D eigenvalue weighted by molar-refractivity contribution is 7.92. The van der Waals surface area contributed by atoms with Gasteiger partial charge in [-0.15, -0.1) is 0 Å². The SMILES string of the molecule is CCCN(C(=O)c1ccc(S(=O)(=O)N(C)c2ccccc2OC)cc1)C1CCS(=O)(=O)C1. The number of para-hydroxylation sites is 2. The molecule has 3 rings (SSSR count). The van der Waals surface area contributed by atoms with Gasteiger partial charge in [-0.1, -0.05) is 19.1 Å². The van der Waals surface area contributed by atoms with Gasteiger partial charge in [-0.2, -0.15) is 0 Å². The van der Waals surface area contributed by atoms with Crippen LogP contribution in [-0.2, 0) is 19.9 Å². The molecular weight excluding hydrogens is 452 g/mol. The van der Waals surface area contributed by atoms with Gasteiger partial charge in [-0.25, -0.2) is 16.8 Å². The Labute approximate surface area is 189 Å². The van der Waals surface area contributed by atoms with Gasteiger partial charge in [-0.05, 0) is 49.2 Å². The molecule has 0 spiro atoms. The molecule has 8 nitrogen and oxygen atoms in total. The number of nitrogens with zero attached hydrogens (tertiary/aromatic N) is 2. The van der Waals surface area contributed by atoms with Gasteiger partial charge in [0.25, 0.3) is 15.9 Å². The number of methoxy groups -OCH3 is 1. The van der Waals surface area contributed by atoms with Crippen molar-refractivity contribution in [1.82, 2.24) is 4.90 Å². The van der Waals surface area contributed by atoms with E-state index in [1.54, 1.807) is 29.2 Å². The molecule has 1 fully saturated rings. The van der Waals surface area contributed by atoms with E-state index in [-0.39, 0.29) is 28.4 Å². The molecule has 1 saturated heterocycles. The van der Waals surface area contributed by atoms with E-state index in [1.165, 1.54) is 38.4 Å². The molecule has 32 heavy (non-hydrogen) atoms. The minimum Gasteiger partial charge on any atom is -0.495 e. The monoisotopic (exact) mass is 480 g/mol. The van der Waals surface area contributed by atoms with Gasteiger partial charge < -0.3 is 9.64 Å². The van der Waals surface area contributed by atoms with Gasteiger partial charge in [0.1, 0.15) is 5.75 Å². The first kappa shape index (κ1) is 24.1. The maximum absolute atomic E-state index is 13.1. The van der Waals surface area contributed by atoms with Crippen molar-refractivity contribution in [3.63, 3.8) is 0 Å². The van der Waals surface area contributed by atoms with Crippen LogP contribution in [-0.4, -0.2) is 65.9 Å². The minimum atomic E-state index is -3.88. The van der Waals surface area contributed by atoms with Crippen LogP contribution >= 0.6 is 0 Å². The van der Waals surface area contributed by atoms with Gasteiger partial charge in [0, 0.05) is 25.2 Å². The number of amides is 1. The molecule has 2 aromatic rings. The summed E-state index contributed by atoms with van der Waals surface area (Å²) in [6.07, 6.45) is 1.11. The zero-order valence-electron chi connectivity index (χ0n) is 18.4. The third kappa shape index (κ3) is 4.91. The standard InChI is InChI=1S/C22H28N2O6S2/c1-4-14-24(18-13-15-31(26,27)16-18)22(25)17-9-11-19(12-10-17)32(28,29)23(2)20-7-5-6-8-21(20)30-3/h5-12,18H,4,13-16H2,1-3H3. The number of benzene rings is 2. The van der Waals surface area contributed by atoms with E-state index >= 15 is 0 Å². The molecule has 0 saturated carbocycles. The number of hydrogen-bond acceptors (Lipinski definition) is 6. The van der Waals surface area contributed by atoms with Gasteiger partial charge >= 0.3 is 0 Å². The van der Waals surface area contributed by atoms with E-state index in [2.05, 4.69) is 0 Å². The van der Waals surface area contributed by atoms with E-state index < -0.39 is 19.9 Å². The fourth-order valence-electron chi connectivity index (χ4n) is 3.82. The van der Waals surface area contributed by atoms with Crippen LogP contribution in [0.3, 0.4) is 0 Å². The summed E-state index contributed by atoms with van der Waals surface area (Å²) in [5.74, 6) is 0.176. The molecule has 1 aliphatic heterocycles. The lowest BCUT2D eigenvalue weighted by Crippen LogP contribution is -2.41. The Kier molecular flexibility index (Phi) is 7.14. The Hall–Kier alpha value is -2.59. The zero-order chi connectivity index (χ0) is 23.5. The Morgan fingerprint density at radius 1 is 1.12 bits per heavy atom. The highest BCUT2D eigenvalue weighted by atomic mass is 32.2. The first-order valence-corrected chi connectivity index (χ1v) is 13.6. The molecule has 10 heteroatoms. The molecule has 0 aliphatic carbocycles. The number of ether oxygens (including phenoxy) is 1. The summed E-state index contributed by atoms with van der Waals surface area (Å²) < 4.78 is 56.4. The summed E-state index contributed by atoms with van der Waals surface area (Å²) in [5.41, 5.74) is 0.716. The van der Waals surface area contributed by atoms with Crippen LogP contribution in [0.1, 0.15) is 30.1 Å². The number of carbonyl (C=O) groups excluding carboxylic acids is 1. The van der Waals surface area contributed by atoms with Gasteiger partial charge in [0.2, 0.25) is 0 Å². The molecule has 174 valence electrons. The highest BCUT2D eigenvalue weighted by Crippen LogP contribution is 2.31. The number of anilines is 1. The van der Waals surface area contributed by atoms with Crippen molar-refractivity contribution >= 4 is 31.5 Å². The molecule has 2 aromatic carbocycles. The molecule has 1 unspecified atom stereocenters. The molecule has 0 aromatic heterocycles. The maximum atomic E-state index is 13.1. The second-order valence-electron chi connectivity index (χ2n) is 7.72. The van der Waals surface area contributed by atoms with Crippen LogP contribution in [0.4, 0.5) is 5.69 Å². The third-order valence-corrected chi connectivity index (χ3v) is 9.09. The van der Waals surface area contributed by atoms with Crippen molar-refractivity contribution in [2.45, 2.75) is 30.7 Å². The summed E-state index contributed by atoms with van der Waals surface area (Å²) in [6.45, 7) is 2.36. The lowest BCUT2D eigenvalue weighted by molar-refractivity contribution is 0.0697.